The van der Waals surface area contributed by atoms with Gasteiger partial charge in [-0.2, -0.15) is 0 Å². The van der Waals surface area contributed by atoms with E-state index >= 15 is 0 Å². The lowest BCUT2D eigenvalue weighted by molar-refractivity contribution is -0.143. The molecule has 5 rings (SSSR count). The molecule has 2 aromatic heterocycles. The van der Waals surface area contributed by atoms with E-state index in [1.165, 1.54) is 0 Å². The monoisotopic (exact) mass is 355 g/mol. The zero-order chi connectivity index (χ0) is 18.4. The van der Waals surface area contributed by atoms with Gasteiger partial charge < -0.3 is 9.30 Å². The van der Waals surface area contributed by atoms with Crippen LogP contribution in [0.4, 0.5) is 0 Å². The van der Waals surface area contributed by atoms with Crippen molar-refractivity contribution in [1.82, 2.24) is 14.5 Å². The Kier molecular flexibility index (Phi) is 3.53. The number of aromatic nitrogens is 3. The lowest BCUT2D eigenvalue weighted by atomic mass is 10.1. The molecule has 132 valence electrons. The average molecular weight is 355 g/mol. The van der Waals surface area contributed by atoms with Gasteiger partial charge in [0.15, 0.2) is 5.65 Å². The van der Waals surface area contributed by atoms with Crippen LogP contribution in [0.3, 0.4) is 0 Å². The zero-order valence-electron chi connectivity index (χ0n) is 14.8. The van der Waals surface area contributed by atoms with Gasteiger partial charge in [0.25, 0.3) is 0 Å². The second-order valence-electron chi connectivity index (χ2n) is 6.49. The Bertz CT molecular complexity index is 1340. The molecule has 5 heteroatoms. The van der Waals surface area contributed by atoms with Crippen molar-refractivity contribution in [3.05, 3.63) is 60.7 Å². The molecule has 0 aliphatic heterocycles. The third-order valence-corrected chi connectivity index (χ3v) is 4.81. The summed E-state index contributed by atoms with van der Waals surface area (Å²) < 4.78 is 7.04. The number of carbonyl (C=O) groups excluding carboxylic acids is 1. The fourth-order valence-corrected chi connectivity index (χ4v) is 3.62. The highest BCUT2D eigenvalue weighted by Gasteiger charge is 2.17. The molecule has 0 saturated heterocycles. The van der Waals surface area contributed by atoms with Crippen molar-refractivity contribution in [2.24, 2.45) is 0 Å². The van der Waals surface area contributed by atoms with Gasteiger partial charge in [-0.15, -0.1) is 0 Å². The van der Waals surface area contributed by atoms with Gasteiger partial charge in [0.1, 0.15) is 12.1 Å². The standard InChI is InChI=1S/C22H17N3O2/c1-2-27-20(26)13-25-19-10-6-5-9-16(19)21-22(25)24-18-12-15-8-4-3-7-14(15)11-17(18)23-21/h3-12H,2,13H2,1H3. The molecule has 0 atom stereocenters. The molecule has 0 fully saturated rings. The molecule has 2 heterocycles. The maximum absolute atomic E-state index is 12.1. The molecule has 0 aliphatic rings. The van der Waals surface area contributed by atoms with Gasteiger partial charge >= 0.3 is 5.97 Å². The van der Waals surface area contributed by atoms with Crippen LogP contribution in [0.25, 0.3) is 43.9 Å². The van der Waals surface area contributed by atoms with Crippen molar-refractivity contribution in [2.45, 2.75) is 13.5 Å². The number of carbonyl (C=O) groups is 1. The molecule has 0 saturated carbocycles. The molecule has 0 N–H and O–H groups in total. The van der Waals surface area contributed by atoms with E-state index in [9.17, 15) is 4.79 Å². The molecule has 0 spiro atoms. The van der Waals surface area contributed by atoms with Gasteiger partial charge in [-0.05, 0) is 35.9 Å². The molecule has 0 radical (unpaired) electrons. The summed E-state index contributed by atoms with van der Waals surface area (Å²) in [4.78, 5) is 21.9. The number of esters is 1. The minimum absolute atomic E-state index is 0.117. The molecular formula is C22H17N3O2. The highest BCUT2D eigenvalue weighted by Crippen LogP contribution is 2.29. The number of hydrogen-bond acceptors (Lipinski definition) is 4. The van der Waals surface area contributed by atoms with E-state index in [-0.39, 0.29) is 12.5 Å². The van der Waals surface area contributed by atoms with Crippen LogP contribution in [0.5, 0.6) is 0 Å². The van der Waals surface area contributed by atoms with Crippen LogP contribution >= 0.6 is 0 Å². The normalized spacial score (nSPS) is 11.6. The molecular weight excluding hydrogens is 338 g/mol. The van der Waals surface area contributed by atoms with Crippen LogP contribution in [-0.2, 0) is 16.1 Å². The quantitative estimate of drug-likeness (QED) is 0.354. The first kappa shape index (κ1) is 15.8. The second kappa shape index (κ2) is 6.06. The lowest BCUT2D eigenvalue weighted by Crippen LogP contribution is -2.13. The number of para-hydroxylation sites is 1. The Labute approximate surface area is 155 Å². The van der Waals surface area contributed by atoms with E-state index in [0.29, 0.717) is 12.3 Å². The summed E-state index contributed by atoms with van der Waals surface area (Å²) >= 11 is 0. The van der Waals surface area contributed by atoms with Crippen LogP contribution in [0.15, 0.2) is 60.7 Å². The predicted octanol–water partition coefficient (Wildman–Crippen LogP) is 4.45. The van der Waals surface area contributed by atoms with Gasteiger partial charge in [-0.1, -0.05) is 42.5 Å². The fraction of sp³-hybridized carbons (Fsp3) is 0.136. The first-order valence-electron chi connectivity index (χ1n) is 8.97. The van der Waals surface area contributed by atoms with Gasteiger partial charge in [-0.25, -0.2) is 9.97 Å². The molecule has 0 amide bonds. The Morgan fingerprint density at radius 3 is 2.37 bits per heavy atom. The fourth-order valence-electron chi connectivity index (χ4n) is 3.62. The van der Waals surface area contributed by atoms with E-state index in [1.54, 1.807) is 0 Å². The highest BCUT2D eigenvalue weighted by molar-refractivity contribution is 6.08. The summed E-state index contributed by atoms with van der Waals surface area (Å²) in [6.45, 7) is 2.28. The minimum Gasteiger partial charge on any atom is -0.465 e. The summed E-state index contributed by atoms with van der Waals surface area (Å²) in [5.41, 5.74) is 4.10. The number of rotatable bonds is 3. The molecule has 0 aliphatic carbocycles. The first-order valence-corrected chi connectivity index (χ1v) is 8.97. The number of ether oxygens (including phenoxy) is 1. The smallest absolute Gasteiger partial charge is 0.326 e. The van der Waals surface area contributed by atoms with Gasteiger partial charge in [-0.3, -0.25) is 4.79 Å². The van der Waals surface area contributed by atoms with Crippen LogP contribution in [-0.4, -0.2) is 27.1 Å². The second-order valence-corrected chi connectivity index (χ2v) is 6.49. The zero-order valence-corrected chi connectivity index (χ0v) is 14.8. The lowest BCUT2D eigenvalue weighted by Gasteiger charge is -2.07. The molecule has 27 heavy (non-hydrogen) atoms. The Hall–Kier alpha value is -3.47. The largest absolute Gasteiger partial charge is 0.465 e. The van der Waals surface area contributed by atoms with Crippen molar-refractivity contribution in [1.29, 1.82) is 0 Å². The first-order chi connectivity index (χ1) is 13.2. The molecule has 0 unspecified atom stereocenters. The Balaban J connectivity index is 1.84. The van der Waals surface area contributed by atoms with Gasteiger partial charge in [0, 0.05) is 5.39 Å². The van der Waals surface area contributed by atoms with Crippen LogP contribution < -0.4 is 0 Å². The Morgan fingerprint density at radius 2 is 1.63 bits per heavy atom. The topological polar surface area (TPSA) is 57.0 Å². The van der Waals surface area contributed by atoms with Crippen LogP contribution in [0.2, 0.25) is 0 Å². The molecule has 0 bridgehead atoms. The third kappa shape index (κ3) is 2.51. The summed E-state index contributed by atoms with van der Waals surface area (Å²) in [7, 11) is 0. The predicted molar refractivity (Wildman–Crippen MR) is 107 cm³/mol. The third-order valence-electron chi connectivity index (χ3n) is 4.81. The summed E-state index contributed by atoms with van der Waals surface area (Å²) in [6.07, 6.45) is 0. The van der Waals surface area contributed by atoms with Crippen LogP contribution in [0, 0.1) is 0 Å². The number of fused-ring (bicyclic) bond motifs is 5. The molecule has 5 aromatic rings. The van der Waals surface area contributed by atoms with E-state index in [4.69, 9.17) is 14.7 Å². The number of benzene rings is 3. The maximum atomic E-state index is 12.1. The van der Waals surface area contributed by atoms with E-state index in [1.807, 2.05) is 54.0 Å². The number of hydrogen-bond donors (Lipinski definition) is 0. The highest BCUT2D eigenvalue weighted by atomic mass is 16.5. The van der Waals surface area contributed by atoms with E-state index < -0.39 is 0 Å². The van der Waals surface area contributed by atoms with Crippen molar-refractivity contribution in [3.63, 3.8) is 0 Å². The SMILES string of the molecule is CCOC(=O)Cn1c2ccccc2c2nc3cc4ccccc4cc3nc21. The van der Waals surface area contributed by atoms with Gasteiger partial charge in [0.2, 0.25) is 0 Å². The summed E-state index contributed by atoms with van der Waals surface area (Å²) in [6, 6.07) is 20.2. The van der Waals surface area contributed by atoms with Crippen molar-refractivity contribution < 1.29 is 9.53 Å². The summed E-state index contributed by atoms with van der Waals surface area (Å²) in [5.74, 6) is -0.277. The minimum atomic E-state index is -0.277. The van der Waals surface area contributed by atoms with E-state index in [2.05, 4.69) is 18.2 Å². The Morgan fingerprint density at radius 1 is 0.963 bits per heavy atom. The van der Waals surface area contributed by atoms with Crippen molar-refractivity contribution >= 4 is 49.8 Å². The number of nitrogens with zero attached hydrogens (tertiary/aromatic N) is 3. The molecule has 3 aromatic carbocycles. The van der Waals surface area contributed by atoms with Gasteiger partial charge in [0.05, 0.1) is 23.2 Å². The van der Waals surface area contributed by atoms with E-state index in [0.717, 1.165) is 38.2 Å². The molecule has 5 nitrogen and oxygen atoms in total. The van der Waals surface area contributed by atoms with Crippen molar-refractivity contribution in [3.8, 4) is 0 Å². The maximum Gasteiger partial charge on any atom is 0.326 e. The average Bonchev–Trinajstić information content (AvgIpc) is 2.98. The van der Waals surface area contributed by atoms with Crippen molar-refractivity contribution in [2.75, 3.05) is 6.61 Å². The summed E-state index contributed by atoms with van der Waals surface area (Å²) in [5, 5.41) is 3.24. The van der Waals surface area contributed by atoms with Crippen LogP contribution in [0.1, 0.15) is 6.92 Å².